The quantitative estimate of drug-likeness (QED) is 0.479. The maximum absolute atomic E-state index is 12.6. The highest BCUT2D eigenvalue weighted by atomic mass is 32.2. The average molecular weight is 358 g/mol. The van der Waals surface area contributed by atoms with Crippen molar-refractivity contribution in [1.29, 1.82) is 0 Å². The number of carbonyl (C=O) groups excluding carboxylic acids is 1. The molecule has 0 aliphatic carbocycles. The number of nitrogens with zero attached hydrogens (tertiary/aromatic N) is 2. The number of ether oxygens (including phenoxy) is 1. The molecule has 0 fully saturated rings. The third-order valence-electron chi connectivity index (χ3n) is 3.75. The van der Waals surface area contributed by atoms with Gasteiger partial charge in [0.15, 0.2) is 10.9 Å². The van der Waals surface area contributed by atoms with Crippen molar-refractivity contribution >= 4 is 28.9 Å². The Labute approximate surface area is 149 Å². The van der Waals surface area contributed by atoms with Gasteiger partial charge in [-0.25, -0.2) is 4.98 Å². The Kier molecular flexibility index (Phi) is 5.06. The zero-order valence-corrected chi connectivity index (χ0v) is 15.4. The number of methoxy groups -OCH3 is 1. The van der Waals surface area contributed by atoms with Gasteiger partial charge in [0.2, 0.25) is 0 Å². The number of Topliss-reactive ketones (excluding diaryl/α,β-unsaturated/α-hetero) is 1. The van der Waals surface area contributed by atoms with Crippen molar-refractivity contribution in [1.82, 2.24) is 9.55 Å². The number of aromatic nitrogens is 2. The van der Waals surface area contributed by atoms with Crippen molar-refractivity contribution in [2.75, 3.05) is 12.9 Å². The fraction of sp³-hybridized carbons (Fsp3) is 0.222. The minimum atomic E-state index is 0.124. The van der Waals surface area contributed by atoms with Crippen LogP contribution in [0.1, 0.15) is 21.7 Å². The van der Waals surface area contributed by atoms with Gasteiger partial charge in [-0.15, -0.1) is 23.1 Å². The van der Waals surface area contributed by atoms with Crippen molar-refractivity contribution < 1.29 is 9.53 Å². The lowest BCUT2D eigenvalue weighted by atomic mass is 10.2. The summed E-state index contributed by atoms with van der Waals surface area (Å²) in [4.78, 5) is 18.0. The van der Waals surface area contributed by atoms with Crippen molar-refractivity contribution in [3.63, 3.8) is 0 Å². The third kappa shape index (κ3) is 3.39. The van der Waals surface area contributed by atoms with E-state index in [-0.39, 0.29) is 5.78 Å². The number of hydrogen-bond acceptors (Lipinski definition) is 5. The molecule has 0 spiro atoms. The van der Waals surface area contributed by atoms with E-state index in [1.807, 2.05) is 54.1 Å². The lowest BCUT2D eigenvalue weighted by molar-refractivity contribution is 0.102. The van der Waals surface area contributed by atoms with Crippen LogP contribution in [0.4, 0.5) is 0 Å². The second-order valence-electron chi connectivity index (χ2n) is 5.33. The minimum absolute atomic E-state index is 0.124. The molecule has 0 bridgehead atoms. The summed E-state index contributed by atoms with van der Waals surface area (Å²) < 4.78 is 7.25. The molecular formula is C18H18N2O2S2. The monoisotopic (exact) mass is 358 g/mol. The van der Waals surface area contributed by atoms with Crippen molar-refractivity contribution in [2.45, 2.75) is 18.7 Å². The van der Waals surface area contributed by atoms with Crippen LogP contribution in [-0.4, -0.2) is 28.2 Å². The lowest BCUT2D eigenvalue weighted by Gasteiger charge is -2.06. The van der Waals surface area contributed by atoms with E-state index in [1.54, 1.807) is 24.6 Å². The zero-order valence-electron chi connectivity index (χ0n) is 13.8. The third-order valence-corrected chi connectivity index (χ3v) is 5.50. The van der Waals surface area contributed by atoms with Crippen molar-refractivity contribution in [3.8, 4) is 10.9 Å². The molecule has 6 heteroatoms. The van der Waals surface area contributed by atoms with E-state index in [9.17, 15) is 4.79 Å². The molecule has 24 heavy (non-hydrogen) atoms. The first-order chi connectivity index (χ1) is 11.6. The van der Waals surface area contributed by atoms with E-state index >= 15 is 0 Å². The lowest BCUT2D eigenvalue weighted by Crippen LogP contribution is -2.05. The molecule has 2 aromatic heterocycles. The molecule has 0 unspecified atom stereocenters. The second kappa shape index (κ2) is 7.23. The predicted octanol–water partition coefficient (Wildman–Crippen LogP) is 4.53. The van der Waals surface area contributed by atoms with E-state index in [4.69, 9.17) is 4.74 Å². The van der Waals surface area contributed by atoms with Crippen LogP contribution in [0.5, 0.6) is 5.75 Å². The molecule has 4 nitrogen and oxygen atoms in total. The van der Waals surface area contributed by atoms with E-state index in [2.05, 4.69) is 4.98 Å². The molecule has 0 aliphatic heterocycles. The van der Waals surface area contributed by atoms with Gasteiger partial charge in [0, 0.05) is 33.4 Å². The number of benzene rings is 1. The topological polar surface area (TPSA) is 44.1 Å². The Morgan fingerprint density at radius 2 is 2.17 bits per heavy atom. The largest absolute Gasteiger partial charge is 0.497 e. The van der Waals surface area contributed by atoms with Crippen LogP contribution in [0.3, 0.4) is 0 Å². The number of ketones is 1. The van der Waals surface area contributed by atoms with Crippen LogP contribution in [0.15, 0.2) is 46.8 Å². The molecule has 2 heterocycles. The Bertz CT molecular complexity index is 854. The van der Waals surface area contributed by atoms with Crippen molar-refractivity contribution in [3.05, 3.63) is 58.9 Å². The standard InChI is InChI=1S/C18H18N2O2S2/c1-12-9-16(13(2)20(12)18-19-7-8-23-18)17(21)11-24-15-6-4-5-14(10-15)22-3/h4-10H,11H2,1-3H3. The van der Waals surface area contributed by atoms with Crippen LogP contribution in [0, 0.1) is 13.8 Å². The fourth-order valence-electron chi connectivity index (χ4n) is 2.58. The number of thioether (sulfide) groups is 1. The van der Waals surface area contributed by atoms with Gasteiger partial charge in [-0.3, -0.25) is 9.36 Å². The summed E-state index contributed by atoms with van der Waals surface area (Å²) in [5.74, 6) is 1.32. The highest BCUT2D eigenvalue weighted by Gasteiger charge is 2.17. The van der Waals surface area contributed by atoms with Gasteiger partial charge in [-0.05, 0) is 38.1 Å². The fourth-order valence-corrected chi connectivity index (χ4v) is 4.16. The maximum atomic E-state index is 12.6. The highest BCUT2D eigenvalue weighted by Crippen LogP contribution is 2.26. The normalized spacial score (nSPS) is 10.8. The Morgan fingerprint density at radius 1 is 1.33 bits per heavy atom. The summed E-state index contributed by atoms with van der Waals surface area (Å²) in [5.41, 5.74) is 2.73. The van der Waals surface area contributed by atoms with Crippen LogP contribution in [-0.2, 0) is 0 Å². The number of rotatable bonds is 6. The molecule has 0 saturated carbocycles. The smallest absolute Gasteiger partial charge is 0.193 e. The minimum Gasteiger partial charge on any atom is -0.497 e. The molecule has 0 N–H and O–H groups in total. The van der Waals surface area contributed by atoms with E-state index in [0.29, 0.717) is 5.75 Å². The first-order valence-corrected chi connectivity index (χ1v) is 9.35. The summed E-state index contributed by atoms with van der Waals surface area (Å²) in [7, 11) is 1.64. The summed E-state index contributed by atoms with van der Waals surface area (Å²) in [6.07, 6.45) is 1.78. The summed E-state index contributed by atoms with van der Waals surface area (Å²) in [6, 6.07) is 9.70. The van der Waals surface area contributed by atoms with Gasteiger partial charge in [0.05, 0.1) is 12.9 Å². The van der Waals surface area contributed by atoms with E-state index in [0.717, 1.165) is 32.7 Å². The maximum Gasteiger partial charge on any atom is 0.193 e. The van der Waals surface area contributed by atoms with E-state index in [1.165, 1.54) is 11.8 Å². The molecule has 0 radical (unpaired) electrons. The van der Waals surface area contributed by atoms with Gasteiger partial charge in [-0.1, -0.05) is 6.07 Å². The first kappa shape index (κ1) is 16.8. The Morgan fingerprint density at radius 3 is 2.88 bits per heavy atom. The summed E-state index contributed by atoms with van der Waals surface area (Å²) in [6.45, 7) is 3.97. The van der Waals surface area contributed by atoms with E-state index < -0.39 is 0 Å². The SMILES string of the molecule is COc1cccc(SCC(=O)c2cc(C)n(-c3nccs3)c2C)c1. The zero-order chi connectivity index (χ0) is 17.1. The summed E-state index contributed by atoms with van der Waals surface area (Å²) in [5, 5.41) is 2.83. The Balaban J connectivity index is 1.77. The molecule has 3 rings (SSSR count). The van der Waals surface area contributed by atoms with Gasteiger partial charge < -0.3 is 4.74 Å². The van der Waals surface area contributed by atoms with Crippen molar-refractivity contribution in [2.24, 2.45) is 0 Å². The van der Waals surface area contributed by atoms with Gasteiger partial charge >= 0.3 is 0 Å². The Hall–Kier alpha value is -2.05. The van der Waals surface area contributed by atoms with Crippen LogP contribution >= 0.6 is 23.1 Å². The summed E-state index contributed by atoms with van der Waals surface area (Å²) >= 11 is 3.09. The van der Waals surface area contributed by atoms with Crippen LogP contribution in [0.2, 0.25) is 0 Å². The van der Waals surface area contributed by atoms with Crippen LogP contribution in [0.25, 0.3) is 5.13 Å². The molecule has 0 amide bonds. The number of carbonyl (C=O) groups is 1. The molecule has 0 aliphatic rings. The molecule has 0 atom stereocenters. The number of thiazole rings is 1. The average Bonchev–Trinajstić information content (AvgIpc) is 3.20. The van der Waals surface area contributed by atoms with Crippen LogP contribution < -0.4 is 4.74 Å². The molecule has 1 aromatic carbocycles. The molecule has 124 valence electrons. The molecule has 0 saturated heterocycles. The molecule has 3 aromatic rings. The van der Waals surface area contributed by atoms with Gasteiger partial charge in [0.25, 0.3) is 0 Å². The first-order valence-electron chi connectivity index (χ1n) is 7.49. The molecular weight excluding hydrogens is 340 g/mol. The predicted molar refractivity (Wildman–Crippen MR) is 99.0 cm³/mol. The highest BCUT2D eigenvalue weighted by molar-refractivity contribution is 8.00. The number of hydrogen-bond donors (Lipinski definition) is 0. The second-order valence-corrected chi connectivity index (χ2v) is 7.25. The van der Waals surface area contributed by atoms with Gasteiger partial charge in [-0.2, -0.15) is 0 Å². The van der Waals surface area contributed by atoms with Gasteiger partial charge in [0.1, 0.15) is 5.75 Å². The number of aryl methyl sites for hydroxylation is 1.